The number of pyridine rings is 1. The lowest BCUT2D eigenvalue weighted by Crippen LogP contribution is -2.49. The van der Waals surface area contributed by atoms with Gasteiger partial charge >= 0.3 is 18.1 Å². The summed E-state index contributed by atoms with van der Waals surface area (Å²) in [7, 11) is 0. The molecule has 1 aliphatic heterocycles. The second-order valence-corrected chi connectivity index (χ2v) is 7.61. The molecule has 1 aromatic carbocycles. The zero-order chi connectivity index (χ0) is 23.5. The van der Waals surface area contributed by atoms with Crippen molar-refractivity contribution >= 4 is 5.97 Å². The number of hydrogen-bond acceptors (Lipinski definition) is 4. The number of hydrogen-bond donors (Lipinski definition) is 1. The second-order valence-electron chi connectivity index (χ2n) is 7.61. The molecule has 3 rings (SSSR count). The first kappa shape index (κ1) is 23.8. The predicted octanol–water partition coefficient (Wildman–Crippen LogP) is 4.87. The maximum Gasteiger partial charge on any atom is 0.454 e. The fraction of sp³-hybridized carbons (Fsp3) is 0.429. The van der Waals surface area contributed by atoms with Gasteiger partial charge in [-0.1, -0.05) is 0 Å². The first-order valence-corrected chi connectivity index (χ1v) is 9.75. The number of rotatable bonds is 7. The van der Waals surface area contributed by atoms with Crippen molar-refractivity contribution in [2.24, 2.45) is 5.92 Å². The third kappa shape index (κ3) is 5.70. The molecule has 0 amide bonds. The molecule has 0 spiro atoms. The number of aromatic nitrogens is 1. The highest BCUT2D eigenvalue weighted by molar-refractivity contribution is 5.88. The van der Waals surface area contributed by atoms with Crippen LogP contribution < -0.4 is 4.74 Å². The molecule has 1 saturated heterocycles. The minimum absolute atomic E-state index is 0.00792. The smallest absolute Gasteiger partial charge is 0.454 e. The van der Waals surface area contributed by atoms with Crippen LogP contribution >= 0.6 is 0 Å². The van der Waals surface area contributed by atoms with E-state index in [0.29, 0.717) is 18.6 Å². The summed E-state index contributed by atoms with van der Waals surface area (Å²) in [6.45, 7) is -0.878. The van der Waals surface area contributed by atoms with Gasteiger partial charge in [0.05, 0.1) is 30.6 Å². The minimum Gasteiger partial charge on any atom is -0.492 e. The molecule has 0 atom stereocenters. The number of aromatic carboxylic acids is 1. The summed E-state index contributed by atoms with van der Waals surface area (Å²) in [5.41, 5.74) is 0.231. The van der Waals surface area contributed by atoms with Crippen LogP contribution in [0.5, 0.6) is 5.75 Å². The van der Waals surface area contributed by atoms with E-state index in [1.165, 1.54) is 24.4 Å². The van der Waals surface area contributed by atoms with Crippen molar-refractivity contribution in [3.05, 3.63) is 47.9 Å². The number of benzene rings is 1. The molecule has 0 bridgehead atoms. The second kappa shape index (κ2) is 9.35. The van der Waals surface area contributed by atoms with Crippen molar-refractivity contribution in [1.29, 1.82) is 0 Å². The van der Waals surface area contributed by atoms with Gasteiger partial charge in [-0.25, -0.2) is 9.18 Å². The Bertz CT molecular complexity index is 942. The van der Waals surface area contributed by atoms with Crippen molar-refractivity contribution in [1.82, 2.24) is 9.88 Å². The number of alkyl halides is 5. The zero-order valence-electron chi connectivity index (χ0n) is 16.7. The molecule has 1 N–H and O–H groups in total. The monoisotopic (exact) mass is 462 g/mol. The molecule has 5 nitrogen and oxygen atoms in total. The van der Waals surface area contributed by atoms with Gasteiger partial charge in [0.15, 0.2) is 0 Å². The molecule has 2 aromatic rings. The summed E-state index contributed by atoms with van der Waals surface area (Å²) >= 11 is 0. The average Bonchev–Trinajstić information content (AvgIpc) is 2.72. The summed E-state index contributed by atoms with van der Waals surface area (Å²) in [6.07, 6.45) is -3.35. The number of nitrogens with zero attached hydrogens (tertiary/aromatic N) is 2. The van der Waals surface area contributed by atoms with Crippen LogP contribution in [0.1, 0.15) is 23.2 Å². The summed E-state index contributed by atoms with van der Waals surface area (Å²) in [5.74, 6) is -6.33. The Labute approximate surface area is 179 Å². The van der Waals surface area contributed by atoms with Gasteiger partial charge in [-0.2, -0.15) is 22.0 Å². The van der Waals surface area contributed by atoms with E-state index >= 15 is 0 Å². The maximum atomic E-state index is 14.1. The third-order valence-electron chi connectivity index (χ3n) is 5.26. The van der Waals surface area contributed by atoms with Crippen LogP contribution in [0.15, 0.2) is 36.5 Å². The van der Waals surface area contributed by atoms with E-state index in [0.717, 1.165) is 11.0 Å². The van der Waals surface area contributed by atoms with E-state index in [4.69, 9.17) is 9.84 Å². The Morgan fingerprint density at radius 1 is 1.12 bits per heavy atom. The molecule has 0 aliphatic carbocycles. The molecule has 1 aromatic heterocycles. The molecular weight excluding hydrogens is 442 g/mol. The fourth-order valence-corrected chi connectivity index (χ4v) is 3.38. The van der Waals surface area contributed by atoms with Crippen molar-refractivity contribution < 1.29 is 41.0 Å². The van der Waals surface area contributed by atoms with Crippen molar-refractivity contribution in [3.63, 3.8) is 0 Å². The van der Waals surface area contributed by atoms with Gasteiger partial charge in [0.2, 0.25) is 0 Å². The number of piperidine rings is 1. The topological polar surface area (TPSA) is 62.7 Å². The van der Waals surface area contributed by atoms with Gasteiger partial charge < -0.3 is 9.84 Å². The minimum atomic E-state index is -5.56. The molecule has 1 aliphatic rings. The van der Waals surface area contributed by atoms with Gasteiger partial charge in [0, 0.05) is 5.56 Å². The Balaban J connectivity index is 1.50. The highest BCUT2D eigenvalue weighted by atomic mass is 19.4. The standard InChI is InChI=1S/C21H20F6N2O3/c22-17-9-14(19(30)31)1-3-16(17)18-4-2-15(10-28-18)32-11-13-5-7-29(8-6-13)12-20(23,24)21(25,26)27/h1-4,9-10,13H,5-8,11-12H2,(H,30,31). The van der Waals surface area contributed by atoms with Crippen molar-refractivity contribution in [2.75, 3.05) is 26.2 Å². The largest absolute Gasteiger partial charge is 0.492 e. The van der Waals surface area contributed by atoms with Crippen LogP contribution in [0, 0.1) is 11.7 Å². The van der Waals surface area contributed by atoms with Gasteiger partial charge in [-0.3, -0.25) is 9.88 Å². The predicted molar refractivity (Wildman–Crippen MR) is 102 cm³/mol. The van der Waals surface area contributed by atoms with E-state index in [2.05, 4.69) is 4.98 Å². The Morgan fingerprint density at radius 2 is 1.81 bits per heavy atom. The average molecular weight is 462 g/mol. The molecule has 2 heterocycles. The first-order valence-electron chi connectivity index (χ1n) is 9.75. The van der Waals surface area contributed by atoms with Crippen LogP contribution in [0.4, 0.5) is 26.3 Å². The maximum absolute atomic E-state index is 14.1. The lowest BCUT2D eigenvalue weighted by atomic mass is 9.97. The summed E-state index contributed by atoms with van der Waals surface area (Å²) < 4.78 is 83.1. The lowest BCUT2D eigenvalue weighted by molar-refractivity contribution is -0.287. The van der Waals surface area contributed by atoms with E-state index in [-0.39, 0.29) is 42.4 Å². The van der Waals surface area contributed by atoms with Gasteiger partial charge in [-0.05, 0) is 62.2 Å². The summed E-state index contributed by atoms with van der Waals surface area (Å²) in [4.78, 5) is 16.1. The molecule has 174 valence electrons. The van der Waals surface area contributed by atoms with E-state index < -0.39 is 30.4 Å². The van der Waals surface area contributed by atoms with E-state index in [1.54, 1.807) is 6.07 Å². The molecule has 1 fully saturated rings. The normalized spacial score (nSPS) is 16.2. The Hall–Kier alpha value is -2.82. The number of halogens is 6. The highest BCUT2D eigenvalue weighted by Crippen LogP contribution is 2.36. The zero-order valence-corrected chi connectivity index (χ0v) is 16.7. The number of carboxylic acids is 1. The summed E-state index contributed by atoms with van der Waals surface area (Å²) in [5, 5.41) is 8.89. The van der Waals surface area contributed by atoms with Crippen LogP contribution in [-0.4, -0.2) is 59.3 Å². The number of carbonyl (C=O) groups is 1. The number of carboxylic acid groups (broad SMARTS) is 1. The summed E-state index contributed by atoms with van der Waals surface area (Å²) in [6, 6.07) is 6.56. The van der Waals surface area contributed by atoms with Gasteiger partial charge in [0.1, 0.15) is 11.6 Å². The molecule has 11 heteroatoms. The SMILES string of the molecule is O=C(O)c1ccc(-c2ccc(OCC3CCN(CC(F)(F)C(F)(F)F)CC3)cn2)c(F)c1. The quantitative estimate of drug-likeness (QED) is 0.595. The third-order valence-corrected chi connectivity index (χ3v) is 5.26. The van der Waals surface area contributed by atoms with Crippen molar-refractivity contribution in [3.8, 4) is 17.0 Å². The molecule has 0 radical (unpaired) electrons. The van der Waals surface area contributed by atoms with Gasteiger partial charge in [-0.15, -0.1) is 0 Å². The van der Waals surface area contributed by atoms with Gasteiger partial charge in [0.25, 0.3) is 0 Å². The highest BCUT2D eigenvalue weighted by Gasteiger charge is 2.58. The van der Waals surface area contributed by atoms with Crippen LogP contribution in [0.2, 0.25) is 0 Å². The Kier molecular flexibility index (Phi) is 6.97. The van der Waals surface area contributed by atoms with Crippen molar-refractivity contribution in [2.45, 2.75) is 24.9 Å². The molecular formula is C21H20F6N2O3. The van der Waals surface area contributed by atoms with E-state index in [9.17, 15) is 31.1 Å². The van der Waals surface area contributed by atoms with Crippen LogP contribution in [0.25, 0.3) is 11.3 Å². The number of likely N-dealkylation sites (tertiary alicyclic amines) is 1. The molecule has 32 heavy (non-hydrogen) atoms. The number of ether oxygens (including phenoxy) is 1. The molecule has 0 unspecified atom stereocenters. The fourth-order valence-electron chi connectivity index (χ4n) is 3.38. The lowest BCUT2D eigenvalue weighted by Gasteiger charge is -2.34. The Morgan fingerprint density at radius 3 is 2.34 bits per heavy atom. The first-order chi connectivity index (χ1) is 15.0. The van der Waals surface area contributed by atoms with E-state index in [1.807, 2.05) is 0 Å². The van der Waals surface area contributed by atoms with Crippen LogP contribution in [-0.2, 0) is 0 Å². The van der Waals surface area contributed by atoms with Crippen LogP contribution in [0.3, 0.4) is 0 Å². The molecule has 0 saturated carbocycles.